The molecule has 154 valence electrons. The molecule has 1 saturated heterocycles. The number of hydrogen-bond acceptors (Lipinski definition) is 3. The Kier molecular flexibility index (Phi) is 6.86. The van der Waals surface area contributed by atoms with Gasteiger partial charge in [0.2, 0.25) is 17.4 Å². The number of aromatic amines is 1. The van der Waals surface area contributed by atoms with E-state index < -0.39 is 0 Å². The number of pyridine rings is 1. The molecule has 6 nitrogen and oxygen atoms in total. The van der Waals surface area contributed by atoms with Gasteiger partial charge in [-0.15, -0.1) is 0 Å². The minimum atomic E-state index is -0.168. The van der Waals surface area contributed by atoms with Crippen molar-refractivity contribution in [2.45, 2.75) is 39.5 Å². The summed E-state index contributed by atoms with van der Waals surface area (Å²) in [5.74, 6) is 0.220. The third kappa shape index (κ3) is 5.79. The van der Waals surface area contributed by atoms with Crippen LogP contribution in [0.4, 0.5) is 0 Å². The van der Waals surface area contributed by atoms with Crippen molar-refractivity contribution in [3.05, 3.63) is 69.1 Å². The first-order valence-electron chi connectivity index (χ1n) is 10.2. The lowest BCUT2D eigenvalue weighted by molar-refractivity contribution is -0.133. The summed E-state index contributed by atoms with van der Waals surface area (Å²) in [5, 5.41) is 0. The van der Waals surface area contributed by atoms with Gasteiger partial charge in [0.25, 0.3) is 0 Å². The normalized spacial score (nSPS) is 15.0. The quantitative estimate of drug-likeness (QED) is 0.863. The Bertz CT molecular complexity index is 905. The van der Waals surface area contributed by atoms with Crippen LogP contribution in [0.2, 0.25) is 0 Å². The Balaban J connectivity index is 1.52. The number of aryl methyl sites for hydroxylation is 2. The van der Waals surface area contributed by atoms with Gasteiger partial charge in [-0.3, -0.25) is 14.4 Å². The van der Waals surface area contributed by atoms with Gasteiger partial charge in [0.05, 0.1) is 12.8 Å². The summed E-state index contributed by atoms with van der Waals surface area (Å²) in [6.45, 7) is 6.75. The lowest BCUT2D eigenvalue weighted by Crippen LogP contribution is -2.42. The Hall–Kier alpha value is -2.89. The van der Waals surface area contributed by atoms with Crippen molar-refractivity contribution >= 4 is 11.8 Å². The molecule has 1 fully saturated rings. The number of nitrogens with one attached hydrogen (secondary N) is 1. The molecule has 1 N–H and O–H groups in total. The van der Waals surface area contributed by atoms with Crippen LogP contribution in [0.3, 0.4) is 0 Å². The van der Waals surface area contributed by atoms with E-state index in [9.17, 15) is 14.4 Å². The van der Waals surface area contributed by atoms with Gasteiger partial charge in [-0.1, -0.05) is 29.8 Å². The largest absolute Gasteiger partial charge is 0.342 e. The van der Waals surface area contributed by atoms with E-state index in [0.717, 1.165) is 29.5 Å². The Morgan fingerprint density at radius 1 is 0.897 bits per heavy atom. The summed E-state index contributed by atoms with van der Waals surface area (Å²) in [6.07, 6.45) is 3.86. The Morgan fingerprint density at radius 3 is 2.07 bits per heavy atom. The molecule has 1 aliphatic heterocycles. The zero-order chi connectivity index (χ0) is 20.8. The molecule has 2 aromatic rings. The molecule has 3 rings (SSSR count). The second kappa shape index (κ2) is 9.54. The van der Waals surface area contributed by atoms with Crippen molar-refractivity contribution in [3.63, 3.8) is 0 Å². The molecule has 2 amide bonds. The highest BCUT2D eigenvalue weighted by Gasteiger charge is 2.21. The molecule has 0 unspecified atom stereocenters. The summed E-state index contributed by atoms with van der Waals surface area (Å²) >= 11 is 0. The van der Waals surface area contributed by atoms with Gasteiger partial charge < -0.3 is 14.8 Å². The Labute approximate surface area is 171 Å². The van der Waals surface area contributed by atoms with Crippen molar-refractivity contribution in [1.82, 2.24) is 14.8 Å². The molecule has 0 atom stereocenters. The van der Waals surface area contributed by atoms with Crippen LogP contribution < -0.4 is 5.56 Å². The second-order valence-electron chi connectivity index (χ2n) is 7.81. The van der Waals surface area contributed by atoms with Gasteiger partial charge >= 0.3 is 0 Å². The number of rotatable bonds is 4. The fourth-order valence-corrected chi connectivity index (χ4v) is 3.79. The molecule has 1 aliphatic rings. The molecular formula is C23H29N3O3. The number of aromatic nitrogens is 1. The van der Waals surface area contributed by atoms with Crippen LogP contribution in [0.15, 0.2) is 41.3 Å². The third-order valence-electron chi connectivity index (χ3n) is 5.46. The van der Waals surface area contributed by atoms with Gasteiger partial charge in [-0.2, -0.15) is 0 Å². The molecule has 6 heteroatoms. The third-order valence-corrected chi connectivity index (χ3v) is 5.46. The van der Waals surface area contributed by atoms with E-state index in [4.69, 9.17) is 0 Å². The number of amides is 2. The number of carbonyl (C=O) groups is 2. The van der Waals surface area contributed by atoms with Crippen molar-refractivity contribution in [3.8, 4) is 0 Å². The van der Waals surface area contributed by atoms with E-state index in [1.807, 2.05) is 15.9 Å². The summed E-state index contributed by atoms with van der Waals surface area (Å²) in [6, 6.07) is 9.34. The number of hydrogen-bond donors (Lipinski definition) is 1. The zero-order valence-corrected chi connectivity index (χ0v) is 17.2. The average molecular weight is 396 g/mol. The first kappa shape index (κ1) is 20.8. The summed E-state index contributed by atoms with van der Waals surface area (Å²) in [5.41, 5.74) is 4.08. The maximum atomic E-state index is 12.8. The van der Waals surface area contributed by atoms with E-state index in [1.165, 1.54) is 11.6 Å². The van der Waals surface area contributed by atoms with Crippen LogP contribution in [0.5, 0.6) is 0 Å². The lowest BCUT2D eigenvalue weighted by atomic mass is 10.0. The van der Waals surface area contributed by atoms with Crippen molar-refractivity contribution in [2.75, 3.05) is 26.2 Å². The second-order valence-corrected chi connectivity index (χ2v) is 7.81. The standard InChI is InChI=1S/C23H29N3O3/c1-17-5-7-20(18(2)13-17)15-23(29)26-11-3-9-25(10-4-12-26)22(28)14-19-6-8-21(27)24-16-19/h5-8,13,16H,3-4,9-12,14-15H2,1-2H3,(H,24,27). The molecule has 0 saturated carbocycles. The monoisotopic (exact) mass is 395 g/mol. The van der Waals surface area contributed by atoms with E-state index in [1.54, 1.807) is 12.3 Å². The number of carbonyl (C=O) groups excluding carboxylic acids is 2. The van der Waals surface area contributed by atoms with Gasteiger partial charge in [-0.05, 0) is 43.4 Å². The molecule has 0 radical (unpaired) electrons. The molecule has 2 heterocycles. The van der Waals surface area contributed by atoms with E-state index in [0.29, 0.717) is 32.6 Å². The molecule has 0 spiro atoms. The first-order chi connectivity index (χ1) is 13.9. The SMILES string of the molecule is Cc1ccc(CC(=O)N2CCCN(C(=O)Cc3ccc(=O)[nH]c3)CCC2)c(C)c1. The maximum Gasteiger partial charge on any atom is 0.247 e. The van der Waals surface area contributed by atoms with Crippen molar-refractivity contribution in [2.24, 2.45) is 0 Å². The maximum absolute atomic E-state index is 12.8. The number of benzene rings is 1. The topological polar surface area (TPSA) is 73.5 Å². The number of H-pyrrole nitrogens is 1. The summed E-state index contributed by atoms with van der Waals surface area (Å²) in [7, 11) is 0. The Morgan fingerprint density at radius 2 is 1.52 bits per heavy atom. The average Bonchev–Trinajstić information content (AvgIpc) is 2.65. The highest BCUT2D eigenvalue weighted by molar-refractivity contribution is 5.80. The molecule has 1 aromatic carbocycles. The van der Waals surface area contributed by atoms with Crippen LogP contribution in [-0.4, -0.2) is 52.8 Å². The molecule has 0 bridgehead atoms. The smallest absolute Gasteiger partial charge is 0.247 e. The number of nitrogens with zero attached hydrogens (tertiary/aromatic N) is 2. The minimum Gasteiger partial charge on any atom is -0.342 e. The van der Waals surface area contributed by atoms with E-state index in [-0.39, 0.29) is 23.8 Å². The van der Waals surface area contributed by atoms with Gasteiger partial charge in [0.15, 0.2) is 0 Å². The van der Waals surface area contributed by atoms with Crippen molar-refractivity contribution < 1.29 is 9.59 Å². The van der Waals surface area contributed by atoms with Crippen LogP contribution in [0, 0.1) is 13.8 Å². The van der Waals surface area contributed by atoms with Gasteiger partial charge in [-0.25, -0.2) is 0 Å². The van der Waals surface area contributed by atoms with Gasteiger partial charge in [0.1, 0.15) is 0 Å². The molecule has 1 aromatic heterocycles. The zero-order valence-electron chi connectivity index (χ0n) is 17.2. The van der Waals surface area contributed by atoms with Crippen LogP contribution in [0.1, 0.15) is 35.1 Å². The van der Waals surface area contributed by atoms with Crippen LogP contribution in [-0.2, 0) is 22.4 Å². The molecular weight excluding hydrogens is 366 g/mol. The predicted molar refractivity (Wildman–Crippen MR) is 113 cm³/mol. The van der Waals surface area contributed by atoms with Crippen LogP contribution >= 0.6 is 0 Å². The van der Waals surface area contributed by atoms with Crippen molar-refractivity contribution in [1.29, 1.82) is 0 Å². The van der Waals surface area contributed by atoms with E-state index in [2.05, 4.69) is 31.0 Å². The predicted octanol–water partition coefficient (Wildman–Crippen LogP) is 2.23. The summed E-state index contributed by atoms with van der Waals surface area (Å²) in [4.78, 5) is 42.9. The first-order valence-corrected chi connectivity index (χ1v) is 10.2. The lowest BCUT2D eigenvalue weighted by Gasteiger charge is -2.31. The summed E-state index contributed by atoms with van der Waals surface area (Å²) < 4.78 is 0. The highest BCUT2D eigenvalue weighted by atomic mass is 16.2. The van der Waals surface area contributed by atoms with E-state index >= 15 is 0 Å². The fraction of sp³-hybridized carbons (Fsp3) is 0.435. The minimum absolute atomic E-state index is 0.0621. The fourth-order valence-electron chi connectivity index (χ4n) is 3.79. The van der Waals surface area contributed by atoms with Crippen LogP contribution in [0.25, 0.3) is 0 Å². The van der Waals surface area contributed by atoms with Gasteiger partial charge in [0, 0.05) is 38.4 Å². The molecule has 29 heavy (non-hydrogen) atoms. The highest BCUT2D eigenvalue weighted by Crippen LogP contribution is 2.14. The molecule has 0 aliphatic carbocycles.